The van der Waals surface area contributed by atoms with Crippen LogP contribution in [0.5, 0.6) is 11.5 Å². The number of rotatable bonds is 7. The molecule has 2 aromatic carbocycles. The van der Waals surface area contributed by atoms with Gasteiger partial charge in [0.15, 0.2) is 11.5 Å². The molecule has 5 nitrogen and oxygen atoms in total. The van der Waals surface area contributed by atoms with Gasteiger partial charge in [-0.25, -0.2) is 4.98 Å². The molecule has 3 aromatic rings. The maximum absolute atomic E-state index is 13.2. The minimum absolute atomic E-state index is 0.0672. The lowest BCUT2D eigenvalue weighted by atomic mass is 10.2. The standard InChI is InChI=1S/C22H22N2O3S/c1-26-19-10-6-9-17(20(19)27-2)21-23-18(14-28-21)22(25)24(13-15-11-12-15)16-7-4-3-5-8-16/h3-10,14-15H,11-13H2,1-2H3. The van der Waals surface area contributed by atoms with Crippen molar-refractivity contribution in [1.82, 2.24) is 4.98 Å². The minimum atomic E-state index is -0.0672. The first-order valence-electron chi connectivity index (χ1n) is 9.25. The summed E-state index contributed by atoms with van der Waals surface area (Å²) >= 11 is 1.43. The van der Waals surface area contributed by atoms with Gasteiger partial charge in [-0.05, 0) is 43.0 Å². The van der Waals surface area contributed by atoms with Crippen LogP contribution in [-0.4, -0.2) is 31.7 Å². The zero-order valence-electron chi connectivity index (χ0n) is 15.9. The number of thiazole rings is 1. The molecule has 1 saturated carbocycles. The van der Waals surface area contributed by atoms with Crippen LogP contribution in [0, 0.1) is 5.92 Å². The molecule has 1 aromatic heterocycles. The molecule has 6 heteroatoms. The lowest BCUT2D eigenvalue weighted by Gasteiger charge is -2.21. The summed E-state index contributed by atoms with van der Waals surface area (Å²) in [6, 6.07) is 15.5. The van der Waals surface area contributed by atoms with Gasteiger partial charge in [0, 0.05) is 17.6 Å². The number of para-hydroxylation sites is 2. The van der Waals surface area contributed by atoms with Crippen molar-refractivity contribution >= 4 is 22.9 Å². The Balaban J connectivity index is 1.65. The molecule has 0 spiro atoms. The van der Waals surface area contributed by atoms with Gasteiger partial charge >= 0.3 is 0 Å². The summed E-state index contributed by atoms with van der Waals surface area (Å²) in [4.78, 5) is 19.7. The second kappa shape index (κ2) is 8.02. The molecule has 1 aliphatic rings. The second-order valence-electron chi connectivity index (χ2n) is 6.77. The summed E-state index contributed by atoms with van der Waals surface area (Å²) in [5.41, 5.74) is 2.18. The summed E-state index contributed by atoms with van der Waals surface area (Å²) in [7, 11) is 3.21. The van der Waals surface area contributed by atoms with Crippen molar-refractivity contribution in [3.05, 3.63) is 59.6 Å². The highest BCUT2D eigenvalue weighted by molar-refractivity contribution is 7.13. The van der Waals surface area contributed by atoms with Gasteiger partial charge < -0.3 is 14.4 Å². The van der Waals surface area contributed by atoms with E-state index in [0.717, 1.165) is 22.8 Å². The molecule has 4 rings (SSSR count). The Morgan fingerprint density at radius 1 is 1.11 bits per heavy atom. The molecule has 144 valence electrons. The van der Waals surface area contributed by atoms with E-state index in [1.54, 1.807) is 14.2 Å². The number of benzene rings is 2. The Hall–Kier alpha value is -2.86. The zero-order chi connectivity index (χ0) is 19.5. The van der Waals surface area contributed by atoms with E-state index in [9.17, 15) is 4.79 Å². The van der Waals surface area contributed by atoms with E-state index in [4.69, 9.17) is 9.47 Å². The molecule has 1 aliphatic carbocycles. The van der Waals surface area contributed by atoms with E-state index in [1.165, 1.54) is 24.2 Å². The van der Waals surface area contributed by atoms with Crippen molar-refractivity contribution in [3.8, 4) is 22.1 Å². The molecule has 1 amide bonds. The molecule has 1 heterocycles. The number of aromatic nitrogens is 1. The number of amides is 1. The molecular formula is C22H22N2O3S. The van der Waals surface area contributed by atoms with Gasteiger partial charge in [-0.1, -0.05) is 24.3 Å². The van der Waals surface area contributed by atoms with Crippen molar-refractivity contribution in [2.75, 3.05) is 25.7 Å². The Morgan fingerprint density at radius 2 is 1.89 bits per heavy atom. The molecule has 1 fully saturated rings. The largest absolute Gasteiger partial charge is 0.493 e. The van der Waals surface area contributed by atoms with Crippen LogP contribution in [-0.2, 0) is 0 Å². The Kier molecular flexibility index (Phi) is 5.30. The SMILES string of the molecule is COc1cccc(-c2nc(C(=O)N(CC3CC3)c3ccccc3)cs2)c1OC. The van der Waals surface area contributed by atoms with E-state index in [-0.39, 0.29) is 5.91 Å². The van der Waals surface area contributed by atoms with Gasteiger partial charge in [0.05, 0.1) is 19.8 Å². The summed E-state index contributed by atoms with van der Waals surface area (Å²) in [5.74, 6) is 1.78. The summed E-state index contributed by atoms with van der Waals surface area (Å²) in [5, 5.41) is 2.55. The van der Waals surface area contributed by atoms with Crippen molar-refractivity contribution in [1.29, 1.82) is 0 Å². The summed E-state index contributed by atoms with van der Waals surface area (Å²) in [6.07, 6.45) is 2.36. The summed E-state index contributed by atoms with van der Waals surface area (Å²) in [6.45, 7) is 0.734. The molecular weight excluding hydrogens is 372 g/mol. The molecule has 0 saturated heterocycles. The highest BCUT2D eigenvalue weighted by Gasteiger charge is 2.29. The molecule has 0 aliphatic heterocycles. The van der Waals surface area contributed by atoms with Crippen LogP contribution in [0.3, 0.4) is 0 Å². The summed E-state index contributed by atoms with van der Waals surface area (Å²) < 4.78 is 10.9. The van der Waals surface area contributed by atoms with E-state index < -0.39 is 0 Å². The predicted molar refractivity (Wildman–Crippen MR) is 111 cm³/mol. The Bertz CT molecular complexity index is 967. The third kappa shape index (κ3) is 3.73. The fourth-order valence-corrected chi connectivity index (χ4v) is 3.98. The van der Waals surface area contributed by atoms with Gasteiger partial charge in [-0.15, -0.1) is 11.3 Å². The first-order chi connectivity index (χ1) is 13.7. The number of carbonyl (C=O) groups excluding carboxylic acids is 1. The highest BCUT2D eigenvalue weighted by Crippen LogP contribution is 2.39. The average Bonchev–Trinajstić information content (AvgIpc) is 3.44. The van der Waals surface area contributed by atoms with Gasteiger partial charge in [0.2, 0.25) is 0 Å². The second-order valence-corrected chi connectivity index (χ2v) is 7.63. The van der Waals surface area contributed by atoms with E-state index in [1.807, 2.05) is 58.8 Å². The molecule has 0 N–H and O–H groups in total. The van der Waals surface area contributed by atoms with E-state index in [0.29, 0.717) is 23.1 Å². The van der Waals surface area contributed by atoms with Crippen LogP contribution in [0.15, 0.2) is 53.9 Å². The maximum atomic E-state index is 13.2. The van der Waals surface area contributed by atoms with Crippen LogP contribution >= 0.6 is 11.3 Å². The molecule has 0 atom stereocenters. The number of hydrogen-bond donors (Lipinski definition) is 0. The van der Waals surface area contributed by atoms with Gasteiger partial charge in [-0.2, -0.15) is 0 Å². The Morgan fingerprint density at radius 3 is 2.57 bits per heavy atom. The number of nitrogens with zero attached hydrogens (tertiary/aromatic N) is 2. The van der Waals surface area contributed by atoms with Crippen LogP contribution in [0.2, 0.25) is 0 Å². The van der Waals surface area contributed by atoms with Crippen molar-refractivity contribution in [2.24, 2.45) is 5.92 Å². The van der Waals surface area contributed by atoms with E-state index >= 15 is 0 Å². The van der Waals surface area contributed by atoms with Crippen LogP contribution < -0.4 is 14.4 Å². The minimum Gasteiger partial charge on any atom is -0.493 e. The topological polar surface area (TPSA) is 51.7 Å². The fraction of sp³-hybridized carbons (Fsp3) is 0.273. The first-order valence-corrected chi connectivity index (χ1v) is 10.1. The molecule has 0 unspecified atom stereocenters. The van der Waals surface area contributed by atoms with Gasteiger partial charge in [0.25, 0.3) is 5.91 Å². The number of hydrogen-bond acceptors (Lipinski definition) is 5. The normalized spacial score (nSPS) is 13.2. The van der Waals surface area contributed by atoms with E-state index in [2.05, 4.69) is 4.98 Å². The van der Waals surface area contributed by atoms with Crippen molar-refractivity contribution in [3.63, 3.8) is 0 Å². The number of ether oxygens (including phenoxy) is 2. The van der Waals surface area contributed by atoms with Gasteiger partial charge in [-0.3, -0.25) is 4.79 Å². The van der Waals surface area contributed by atoms with Crippen LogP contribution in [0.25, 0.3) is 10.6 Å². The number of anilines is 1. The average molecular weight is 394 g/mol. The smallest absolute Gasteiger partial charge is 0.277 e. The van der Waals surface area contributed by atoms with Crippen molar-refractivity contribution < 1.29 is 14.3 Å². The third-order valence-corrected chi connectivity index (χ3v) is 5.68. The lowest BCUT2D eigenvalue weighted by molar-refractivity contribution is 0.0981. The third-order valence-electron chi connectivity index (χ3n) is 4.81. The van der Waals surface area contributed by atoms with Crippen LogP contribution in [0.4, 0.5) is 5.69 Å². The lowest BCUT2D eigenvalue weighted by Crippen LogP contribution is -2.33. The van der Waals surface area contributed by atoms with Crippen molar-refractivity contribution in [2.45, 2.75) is 12.8 Å². The molecule has 0 radical (unpaired) electrons. The monoisotopic (exact) mass is 394 g/mol. The number of carbonyl (C=O) groups is 1. The first kappa shape index (κ1) is 18.5. The predicted octanol–water partition coefficient (Wildman–Crippen LogP) is 4.88. The van der Waals surface area contributed by atoms with Gasteiger partial charge in [0.1, 0.15) is 10.7 Å². The number of methoxy groups -OCH3 is 2. The molecule has 0 bridgehead atoms. The zero-order valence-corrected chi connectivity index (χ0v) is 16.7. The van der Waals surface area contributed by atoms with Crippen LogP contribution in [0.1, 0.15) is 23.3 Å². The quantitative estimate of drug-likeness (QED) is 0.573. The Labute approximate surface area is 168 Å². The fourth-order valence-electron chi connectivity index (χ4n) is 3.16. The maximum Gasteiger partial charge on any atom is 0.277 e. The molecule has 28 heavy (non-hydrogen) atoms. The highest BCUT2D eigenvalue weighted by atomic mass is 32.1.